The number of carbonyl (C=O) groups excluding carboxylic acids is 3. The van der Waals surface area contributed by atoms with Crippen molar-refractivity contribution in [2.24, 2.45) is 0 Å². The van der Waals surface area contributed by atoms with Crippen molar-refractivity contribution in [2.45, 2.75) is 77.8 Å². The van der Waals surface area contributed by atoms with Crippen LogP contribution in [0.15, 0.2) is 24.5 Å². The molecule has 11 heteroatoms. The fourth-order valence-corrected chi connectivity index (χ4v) is 5.32. The van der Waals surface area contributed by atoms with Crippen LogP contribution < -0.4 is 4.90 Å². The standard InChI is InChI=1S/C26H32ClN5O5/c1-25(2,3)36-22(33)21-20-13-31(19-9-15(27)7-8-18(19)32(20)14-28-21)23(34)29-11-17-10-16(29)12-30(17)24(35)37-26(4,5)6/h7-9,14,16-17H,10-13H2,1-6H3/t16-,17-/m1/s1. The normalized spacial score (nSPS) is 20.6. The van der Waals surface area contributed by atoms with E-state index in [0.29, 0.717) is 41.6 Å². The minimum atomic E-state index is -0.683. The van der Waals surface area contributed by atoms with Crippen LogP contribution >= 0.6 is 11.6 Å². The molecule has 198 valence electrons. The Morgan fingerprint density at radius 3 is 2.22 bits per heavy atom. The summed E-state index contributed by atoms with van der Waals surface area (Å²) in [5, 5.41) is 0.492. The summed E-state index contributed by atoms with van der Waals surface area (Å²) in [6.07, 6.45) is 1.91. The number of halogens is 1. The number of hydrogen-bond donors (Lipinski definition) is 0. The van der Waals surface area contributed by atoms with Crippen LogP contribution in [0.2, 0.25) is 5.02 Å². The summed E-state index contributed by atoms with van der Waals surface area (Å²) in [4.78, 5) is 49.0. The Morgan fingerprint density at radius 1 is 0.946 bits per heavy atom. The lowest BCUT2D eigenvalue weighted by Crippen LogP contribution is -2.55. The number of aromatic nitrogens is 2. The molecule has 37 heavy (non-hydrogen) atoms. The van der Waals surface area contributed by atoms with Crippen LogP contribution in [0, 0.1) is 0 Å². The van der Waals surface area contributed by atoms with Gasteiger partial charge < -0.3 is 19.3 Å². The fraction of sp³-hybridized carbons (Fsp3) is 0.538. The lowest BCUT2D eigenvalue weighted by atomic mass is 10.1. The van der Waals surface area contributed by atoms with Crippen LogP contribution in [-0.4, -0.2) is 73.8 Å². The number of nitrogens with zero attached hydrogens (tertiary/aromatic N) is 5. The predicted molar refractivity (Wildman–Crippen MR) is 137 cm³/mol. The molecule has 10 nitrogen and oxygen atoms in total. The number of hydrogen-bond acceptors (Lipinski definition) is 6. The Bertz CT molecular complexity index is 1280. The minimum Gasteiger partial charge on any atom is -0.455 e. The average molecular weight is 530 g/mol. The number of urea groups is 1. The van der Waals surface area contributed by atoms with Crippen molar-refractivity contribution >= 4 is 35.4 Å². The number of ether oxygens (including phenoxy) is 2. The van der Waals surface area contributed by atoms with Gasteiger partial charge in [0.25, 0.3) is 0 Å². The molecular weight excluding hydrogens is 498 g/mol. The monoisotopic (exact) mass is 529 g/mol. The zero-order valence-corrected chi connectivity index (χ0v) is 22.7. The molecule has 0 radical (unpaired) electrons. The van der Waals surface area contributed by atoms with Crippen molar-refractivity contribution in [3.05, 3.63) is 40.9 Å². The third kappa shape index (κ3) is 4.74. The van der Waals surface area contributed by atoms with Gasteiger partial charge in [-0.2, -0.15) is 0 Å². The maximum Gasteiger partial charge on any atom is 0.410 e. The molecule has 0 N–H and O–H groups in total. The maximum absolute atomic E-state index is 13.9. The Labute approximate surface area is 221 Å². The van der Waals surface area contributed by atoms with Crippen LogP contribution in [0.3, 0.4) is 0 Å². The summed E-state index contributed by atoms with van der Waals surface area (Å²) in [6.45, 7) is 11.9. The van der Waals surface area contributed by atoms with Crippen molar-refractivity contribution in [1.29, 1.82) is 0 Å². The highest BCUT2D eigenvalue weighted by atomic mass is 35.5. The molecule has 0 spiro atoms. The highest BCUT2D eigenvalue weighted by Crippen LogP contribution is 2.39. The third-order valence-electron chi connectivity index (χ3n) is 6.60. The number of rotatable bonds is 1. The van der Waals surface area contributed by atoms with E-state index in [0.717, 1.165) is 0 Å². The van der Waals surface area contributed by atoms with Crippen LogP contribution in [0.4, 0.5) is 15.3 Å². The number of esters is 1. The van der Waals surface area contributed by atoms with Crippen LogP contribution in [-0.2, 0) is 16.0 Å². The Hall–Kier alpha value is -3.27. The van der Waals surface area contributed by atoms with E-state index in [1.807, 2.05) is 26.8 Å². The van der Waals surface area contributed by atoms with E-state index >= 15 is 0 Å². The number of benzene rings is 1. The molecule has 2 aromatic rings. The fourth-order valence-electron chi connectivity index (χ4n) is 5.15. The van der Waals surface area contributed by atoms with E-state index in [2.05, 4.69) is 4.98 Å². The number of piperazine rings is 1. The van der Waals surface area contributed by atoms with Gasteiger partial charge in [0, 0.05) is 18.1 Å². The van der Waals surface area contributed by atoms with Crippen LogP contribution in [0.25, 0.3) is 5.69 Å². The van der Waals surface area contributed by atoms with E-state index in [-0.39, 0.29) is 36.4 Å². The maximum atomic E-state index is 13.9. The van der Waals surface area contributed by atoms with Crippen molar-refractivity contribution in [3.8, 4) is 5.69 Å². The third-order valence-corrected chi connectivity index (χ3v) is 6.83. The molecule has 3 aliphatic rings. The lowest BCUT2D eigenvalue weighted by Gasteiger charge is -2.39. The SMILES string of the molecule is CC(C)(C)OC(=O)c1ncn2c1CN(C(=O)N1C[C@H]3C[C@@H]1CN3C(=O)OC(C)(C)C)c1cc(Cl)ccc1-2. The topological polar surface area (TPSA) is 97.2 Å². The number of imidazole rings is 1. The summed E-state index contributed by atoms with van der Waals surface area (Å²) in [5.74, 6) is -0.542. The van der Waals surface area contributed by atoms with Gasteiger partial charge in [0.1, 0.15) is 17.5 Å². The summed E-state index contributed by atoms with van der Waals surface area (Å²) in [5.41, 5.74) is 0.799. The van der Waals surface area contributed by atoms with Crippen molar-refractivity contribution < 1.29 is 23.9 Å². The summed E-state index contributed by atoms with van der Waals surface area (Å²) >= 11 is 6.32. The van der Waals surface area contributed by atoms with E-state index in [1.165, 1.54) is 0 Å². The Morgan fingerprint density at radius 2 is 1.59 bits per heavy atom. The molecule has 0 saturated carbocycles. The molecule has 1 aromatic carbocycles. The van der Waals surface area contributed by atoms with Gasteiger partial charge in [-0.05, 0) is 66.2 Å². The predicted octanol–water partition coefficient (Wildman–Crippen LogP) is 4.61. The molecule has 0 unspecified atom stereocenters. The Balaban J connectivity index is 1.41. The molecule has 2 bridgehead atoms. The van der Waals surface area contributed by atoms with Gasteiger partial charge >= 0.3 is 18.1 Å². The molecule has 5 rings (SSSR count). The number of amides is 3. The Kier molecular flexibility index (Phi) is 5.93. The molecule has 3 amide bonds. The largest absolute Gasteiger partial charge is 0.455 e. The van der Waals surface area contributed by atoms with E-state index in [9.17, 15) is 14.4 Å². The van der Waals surface area contributed by atoms with Gasteiger partial charge in [-0.3, -0.25) is 9.47 Å². The molecule has 0 aliphatic carbocycles. The second-order valence-corrected chi connectivity index (χ2v) is 12.2. The summed E-state index contributed by atoms with van der Waals surface area (Å²) in [6, 6.07) is 4.86. The summed E-state index contributed by atoms with van der Waals surface area (Å²) < 4.78 is 12.9. The second kappa shape index (κ2) is 8.65. The van der Waals surface area contributed by atoms with Crippen LogP contribution in [0.5, 0.6) is 0 Å². The number of anilines is 1. The summed E-state index contributed by atoms with van der Waals surface area (Å²) in [7, 11) is 0. The highest BCUT2D eigenvalue weighted by molar-refractivity contribution is 6.31. The first-order valence-electron chi connectivity index (χ1n) is 12.4. The zero-order chi connectivity index (χ0) is 26.9. The van der Waals surface area contributed by atoms with Gasteiger partial charge in [-0.25, -0.2) is 19.4 Å². The molecule has 2 atom stereocenters. The number of likely N-dealkylation sites (tertiary alicyclic amines) is 2. The molecule has 2 saturated heterocycles. The van der Waals surface area contributed by atoms with Gasteiger partial charge in [0.05, 0.1) is 35.7 Å². The van der Waals surface area contributed by atoms with Gasteiger partial charge in [0.15, 0.2) is 5.69 Å². The van der Waals surface area contributed by atoms with Gasteiger partial charge in [-0.1, -0.05) is 11.6 Å². The van der Waals surface area contributed by atoms with Crippen molar-refractivity contribution in [1.82, 2.24) is 19.4 Å². The van der Waals surface area contributed by atoms with Gasteiger partial charge in [-0.15, -0.1) is 0 Å². The first-order valence-corrected chi connectivity index (χ1v) is 12.8. The first kappa shape index (κ1) is 25.4. The molecule has 4 heterocycles. The molecule has 2 fully saturated rings. The molecule has 1 aromatic heterocycles. The quantitative estimate of drug-likeness (QED) is 0.500. The van der Waals surface area contributed by atoms with Gasteiger partial charge in [0.2, 0.25) is 0 Å². The highest BCUT2D eigenvalue weighted by Gasteiger charge is 2.50. The van der Waals surface area contributed by atoms with Crippen molar-refractivity contribution in [3.63, 3.8) is 0 Å². The smallest absolute Gasteiger partial charge is 0.410 e. The number of fused-ring (bicyclic) bond motifs is 5. The van der Waals surface area contributed by atoms with E-state index in [4.69, 9.17) is 21.1 Å². The van der Waals surface area contributed by atoms with Crippen molar-refractivity contribution in [2.75, 3.05) is 18.0 Å². The average Bonchev–Trinajstić information content (AvgIpc) is 3.49. The van der Waals surface area contributed by atoms with E-state index < -0.39 is 17.2 Å². The molecule has 3 aliphatic heterocycles. The molecular formula is C26H32ClN5O5. The minimum absolute atomic E-state index is 0.102. The first-order chi connectivity index (χ1) is 17.2. The number of carbonyl (C=O) groups is 3. The van der Waals surface area contributed by atoms with E-state index in [1.54, 1.807) is 58.5 Å². The second-order valence-electron chi connectivity index (χ2n) is 11.7. The zero-order valence-electron chi connectivity index (χ0n) is 21.9. The lowest BCUT2D eigenvalue weighted by molar-refractivity contribution is 0.00610. The van der Waals surface area contributed by atoms with Crippen LogP contribution in [0.1, 0.15) is 64.1 Å².